The molecule has 4 rings (SSSR count). The van der Waals surface area contributed by atoms with Gasteiger partial charge in [-0.15, -0.1) is 0 Å². The van der Waals surface area contributed by atoms with Crippen molar-refractivity contribution in [2.75, 3.05) is 0 Å². The lowest BCUT2D eigenvalue weighted by atomic mass is 9.44. The molecule has 0 aliphatic heterocycles. The topological polar surface area (TPSA) is 124 Å². The summed E-state index contributed by atoms with van der Waals surface area (Å²) in [6.45, 7) is 7.33. The highest BCUT2D eigenvalue weighted by Gasteiger charge is 2.74. The maximum absolute atomic E-state index is 12.8. The third-order valence-corrected chi connectivity index (χ3v) is 7.76. The minimum atomic E-state index is -1.71. The molecule has 6 atom stereocenters. The summed E-state index contributed by atoms with van der Waals surface area (Å²) < 4.78 is 5.57. The van der Waals surface area contributed by atoms with Crippen molar-refractivity contribution < 1.29 is 34.8 Å². The minimum absolute atomic E-state index is 0.0412. The zero-order valence-corrected chi connectivity index (χ0v) is 17.5. The molecule has 7 heteroatoms. The number of hydrogen-bond donors (Lipinski definition) is 4. The molecule has 0 radical (unpaired) electrons. The fourth-order valence-corrected chi connectivity index (χ4v) is 6.21. The molecule has 2 saturated carbocycles. The number of ether oxygens (including phenoxy) is 1. The molecule has 0 heterocycles. The van der Waals surface area contributed by atoms with Gasteiger partial charge in [-0.3, -0.25) is 4.79 Å². The number of rotatable bonds is 3. The summed E-state index contributed by atoms with van der Waals surface area (Å²) in [6.07, 6.45) is 1.66. The molecule has 0 bridgehead atoms. The van der Waals surface area contributed by atoms with E-state index in [1.807, 2.05) is 20.8 Å². The number of allylic oxidation sites excluding steroid dienone is 1. The Balaban J connectivity index is 1.68. The van der Waals surface area contributed by atoms with Crippen LogP contribution >= 0.6 is 0 Å². The predicted molar refractivity (Wildman–Crippen MR) is 107 cm³/mol. The summed E-state index contributed by atoms with van der Waals surface area (Å²) in [5.41, 5.74) is -2.50. The molecule has 0 amide bonds. The Labute approximate surface area is 175 Å². The highest BCUT2D eigenvalue weighted by Crippen LogP contribution is 2.68. The summed E-state index contributed by atoms with van der Waals surface area (Å²) in [5, 5.41) is 42.2. The highest BCUT2D eigenvalue weighted by atomic mass is 16.6. The first-order valence-electron chi connectivity index (χ1n) is 10.2. The van der Waals surface area contributed by atoms with Gasteiger partial charge in [-0.05, 0) is 42.7 Å². The van der Waals surface area contributed by atoms with E-state index in [1.165, 1.54) is 6.07 Å². The van der Waals surface area contributed by atoms with Crippen LogP contribution in [0.15, 0.2) is 23.8 Å². The number of hydrogen-bond acceptors (Lipinski definition) is 7. The van der Waals surface area contributed by atoms with E-state index < -0.39 is 34.9 Å². The molecule has 0 saturated heterocycles. The van der Waals surface area contributed by atoms with Crippen LogP contribution < -0.4 is 0 Å². The second-order valence-electron chi connectivity index (χ2n) is 10.0. The van der Waals surface area contributed by atoms with Crippen LogP contribution in [0.2, 0.25) is 0 Å². The van der Waals surface area contributed by atoms with Crippen molar-refractivity contribution in [3.05, 3.63) is 34.9 Å². The number of aldehydes is 1. The normalized spacial score (nSPS) is 38.7. The van der Waals surface area contributed by atoms with Gasteiger partial charge in [-0.25, -0.2) is 4.79 Å². The van der Waals surface area contributed by atoms with Gasteiger partial charge in [0.2, 0.25) is 0 Å². The van der Waals surface area contributed by atoms with Crippen molar-refractivity contribution in [2.24, 2.45) is 22.7 Å². The molecule has 2 fully saturated rings. The van der Waals surface area contributed by atoms with Gasteiger partial charge in [-0.1, -0.05) is 26.8 Å². The molecule has 1 aromatic carbocycles. The molecular formula is C23H28O7. The van der Waals surface area contributed by atoms with Crippen LogP contribution in [-0.2, 0) is 9.53 Å². The van der Waals surface area contributed by atoms with Gasteiger partial charge in [0.05, 0.1) is 6.10 Å². The van der Waals surface area contributed by atoms with Gasteiger partial charge >= 0.3 is 5.97 Å². The monoisotopic (exact) mass is 416 g/mol. The van der Waals surface area contributed by atoms with Crippen LogP contribution in [-0.4, -0.2) is 50.5 Å². The molecule has 3 aliphatic carbocycles. The quantitative estimate of drug-likeness (QED) is 0.440. The fourth-order valence-electron chi connectivity index (χ4n) is 6.21. The molecule has 0 unspecified atom stereocenters. The average Bonchev–Trinajstić information content (AvgIpc) is 2.86. The summed E-state index contributed by atoms with van der Waals surface area (Å²) in [7, 11) is 0. The Bertz CT molecular complexity index is 941. The second kappa shape index (κ2) is 6.31. The van der Waals surface area contributed by atoms with Crippen LogP contribution in [0.5, 0.6) is 11.5 Å². The van der Waals surface area contributed by atoms with Crippen LogP contribution in [0, 0.1) is 29.6 Å². The summed E-state index contributed by atoms with van der Waals surface area (Å²) in [5.74, 6) is -1.75. The van der Waals surface area contributed by atoms with Gasteiger partial charge in [-0.2, -0.15) is 0 Å². The summed E-state index contributed by atoms with van der Waals surface area (Å²) in [4.78, 5) is 24.7. The number of aliphatic hydroxyl groups excluding tert-OH is 1. The first-order valence-corrected chi connectivity index (χ1v) is 10.2. The predicted octanol–water partition coefficient (Wildman–Crippen LogP) is 2.23. The Morgan fingerprint density at radius 2 is 1.87 bits per heavy atom. The largest absolute Gasteiger partial charge is 0.508 e. The average molecular weight is 416 g/mol. The van der Waals surface area contributed by atoms with Gasteiger partial charge in [0.25, 0.3) is 0 Å². The van der Waals surface area contributed by atoms with Crippen molar-refractivity contribution in [3.8, 4) is 11.5 Å². The van der Waals surface area contributed by atoms with E-state index >= 15 is 0 Å². The summed E-state index contributed by atoms with van der Waals surface area (Å²) in [6, 6.07) is 2.37. The number of aromatic hydroxyl groups is 2. The van der Waals surface area contributed by atoms with Crippen LogP contribution in [0.4, 0.5) is 0 Å². The van der Waals surface area contributed by atoms with Crippen molar-refractivity contribution in [2.45, 2.75) is 58.3 Å². The molecule has 30 heavy (non-hydrogen) atoms. The molecule has 3 aliphatic rings. The maximum Gasteiger partial charge on any atom is 0.342 e. The number of carbonyl (C=O) groups excluding carboxylic acids is 2. The lowest BCUT2D eigenvalue weighted by molar-refractivity contribution is -0.257. The van der Waals surface area contributed by atoms with Gasteiger partial charge < -0.3 is 25.2 Å². The van der Waals surface area contributed by atoms with Crippen molar-refractivity contribution in [1.29, 1.82) is 0 Å². The van der Waals surface area contributed by atoms with E-state index in [0.29, 0.717) is 18.3 Å². The number of aryl methyl sites for hydroxylation is 1. The van der Waals surface area contributed by atoms with E-state index in [1.54, 1.807) is 13.0 Å². The van der Waals surface area contributed by atoms with Gasteiger partial charge in [0, 0.05) is 23.0 Å². The third kappa shape index (κ3) is 2.51. The number of carbonyl (C=O) groups is 2. The Morgan fingerprint density at radius 1 is 1.20 bits per heavy atom. The number of aliphatic hydroxyl groups is 2. The summed E-state index contributed by atoms with van der Waals surface area (Å²) >= 11 is 0. The molecule has 0 spiro atoms. The van der Waals surface area contributed by atoms with Crippen molar-refractivity contribution in [3.63, 3.8) is 0 Å². The van der Waals surface area contributed by atoms with Crippen LogP contribution in [0.3, 0.4) is 0 Å². The number of phenolic OH excluding ortho intramolecular Hbond substituents is 2. The van der Waals surface area contributed by atoms with E-state index in [4.69, 9.17) is 4.74 Å². The maximum atomic E-state index is 12.8. The standard InChI is InChI=1S/C23H28O7/c1-11-5-14(25)7-15(26)17(11)20(28)30-16-9-22(4)18-12(8-21(2,3)19(18)27)6-13(10-24)23(16,22)29/h5-7,10,12,16,18-19,25-27,29H,8-9H2,1-4H3/t12-,16-,18-,19-,22-,23+/m1/s1. The van der Waals surface area contributed by atoms with Crippen molar-refractivity contribution >= 4 is 12.3 Å². The Kier molecular flexibility index (Phi) is 4.39. The van der Waals surface area contributed by atoms with Crippen LogP contribution in [0.25, 0.3) is 0 Å². The smallest absolute Gasteiger partial charge is 0.342 e. The van der Waals surface area contributed by atoms with E-state index in [0.717, 1.165) is 6.07 Å². The van der Waals surface area contributed by atoms with Gasteiger partial charge in [0.1, 0.15) is 35.1 Å². The lowest BCUT2D eigenvalue weighted by Crippen LogP contribution is -2.74. The number of benzene rings is 1. The van der Waals surface area contributed by atoms with Crippen LogP contribution in [0.1, 0.15) is 49.5 Å². The number of esters is 1. The molecular weight excluding hydrogens is 388 g/mol. The lowest BCUT2D eigenvalue weighted by Gasteiger charge is -2.64. The Hall–Kier alpha value is -2.38. The SMILES string of the molecule is Cc1cc(O)cc(O)c1C(=O)O[C@@H]1C[C@]2(C)[C@@H]3[C@H](C=C(C=O)[C@]12O)CC(C)(C)[C@@H]3O. The fraction of sp³-hybridized carbons (Fsp3) is 0.565. The van der Waals surface area contributed by atoms with Crippen molar-refractivity contribution in [1.82, 2.24) is 0 Å². The molecule has 1 aromatic rings. The zero-order chi connectivity index (χ0) is 22.2. The number of fused-ring (bicyclic) bond motifs is 3. The molecule has 162 valence electrons. The van der Waals surface area contributed by atoms with E-state index in [2.05, 4.69) is 0 Å². The number of phenols is 2. The first-order chi connectivity index (χ1) is 13.9. The third-order valence-electron chi connectivity index (χ3n) is 7.76. The molecule has 4 N–H and O–H groups in total. The second-order valence-corrected chi connectivity index (χ2v) is 10.0. The Morgan fingerprint density at radius 3 is 2.47 bits per heavy atom. The van der Waals surface area contributed by atoms with E-state index in [-0.39, 0.29) is 40.6 Å². The molecule has 0 aromatic heterocycles. The minimum Gasteiger partial charge on any atom is -0.508 e. The molecule has 7 nitrogen and oxygen atoms in total. The van der Waals surface area contributed by atoms with Gasteiger partial charge in [0.15, 0.2) is 0 Å². The highest BCUT2D eigenvalue weighted by molar-refractivity contribution is 5.94. The van der Waals surface area contributed by atoms with E-state index in [9.17, 15) is 30.0 Å². The zero-order valence-electron chi connectivity index (χ0n) is 17.5. The first kappa shape index (κ1) is 20.9.